The van der Waals surface area contributed by atoms with Crippen LogP contribution in [-0.2, 0) is 9.59 Å². The predicted octanol–water partition coefficient (Wildman–Crippen LogP) is 1.94. The van der Waals surface area contributed by atoms with Crippen LogP contribution in [0.4, 0.5) is 10.5 Å². The zero-order chi connectivity index (χ0) is 19.1. The summed E-state index contributed by atoms with van der Waals surface area (Å²) in [5, 5.41) is 10.7. The average molecular weight is 366 g/mol. The van der Waals surface area contributed by atoms with E-state index < -0.39 is 18.0 Å². The number of carbonyl (C=O) groups is 3. The first-order chi connectivity index (χ1) is 13.1. The summed E-state index contributed by atoms with van der Waals surface area (Å²) >= 11 is 0. The van der Waals surface area contributed by atoms with Gasteiger partial charge in [0.15, 0.2) is 0 Å². The highest BCUT2D eigenvalue weighted by Crippen LogP contribution is 2.18. The molecule has 1 unspecified atom stereocenters. The van der Waals surface area contributed by atoms with Crippen LogP contribution < -0.4 is 21.3 Å². The molecule has 27 heavy (non-hydrogen) atoms. The maximum Gasteiger partial charge on any atom is 0.321 e. The lowest BCUT2D eigenvalue weighted by molar-refractivity contribution is -0.120. The Balaban J connectivity index is 1.60. The molecule has 0 radical (unpaired) electrons. The molecular weight excluding hydrogens is 344 g/mol. The third-order valence-electron chi connectivity index (χ3n) is 4.07. The van der Waals surface area contributed by atoms with Gasteiger partial charge in [-0.2, -0.15) is 0 Å². The largest absolute Gasteiger partial charge is 0.335 e. The lowest BCUT2D eigenvalue weighted by Gasteiger charge is -2.18. The van der Waals surface area contributed by atoms with Crippen LogP contribution in [0.5, 0.6) is 0 Å². The lowest BCUT2D eigenvalue weighted by atomic mass is 10.1. The maximum absolute atomic E-state index is 12.7. The molecule has 0 spiro atoms. The summed E-state index contributed by atoms with van der Waals surface area (Å²) < 4.78 is 0. The average Bonchev–Trinajstić information content (AvgIpc) is 3.47. The van der Waals surface area contributed by atoms with E-state index in [0.29, 0.717) is 5.69 Å². The van der Waals surface area contributed by atoms with Crippen LogP contribution in [0.25, 0.3) is 0 Å². The van der Waals surface area contributed by atoms with Crippen molar-refractivity contribution in [3.63, 3.8) is 0 Å². The summed E-state index contributed by atoms with van der Waals surface area (Å²) in [6.45, 7) is -0.167. The van der Waals surface area contributed by atoms with E-state index in [0.717, 1.165) is 18.4 Å². The number of para-hydroxylation sites is 1. The van der Waals surface area contributed by atoms with Gasteiger partial charge in [0.25, 0.3) is 0 Å². The summed E-state index contributed by atoms with van der Waals surface area (Å²) in [5.41, 5.74) is 1.39. The van der Waals surface area contributed by atoms with Gasteiger partial charge >= 0.3 is 6.03 Å². The van der Waals surface area contributed by atoms with E-state index in [1.54, 1.807) is 24.3 Å². The highest BCUT2D eigenvalue weighted by molar-refractivity contribution is 5.97. The van der Waals surface area contributed by atoms with Crippen molar-refractivity contribution in [3.05, 3.63) is 66.2 Å². The summed E-state index contributed by atoms with van der Waals surface area (Å²) in [6.07, 6.45) is 1.88. The second kappa shape index (κ2) is 8.95. The Bertz CT molecular complexity index is 791. The van der Waals surface area contributed by atoms with Crippen molar-refractivity contribution in [1.29, 1.82) is 0 Å². The summed E-state index contributed by atoms with van der Waals surface area (Å²) in [7, 11) is 0. The number of imide groups is 1. The molecule has 1 aliphatic rings. The van der Waals surface area contributed by atoms with Crippen molar-refractivity contribution in [2.45, 2.75) is 24.9 Å². The van der Waals surface area contributed by atoms with E-state index in [2.05, 4.69) is 21.3 Å². The highest BCUT2D eigenvalue weighted by atomic mass is 16.2. The van der Waals surface area contributed by atoms with E-state index in [1.165, 1.54) is 0 Å². The Morgan fingerprint density at radius 3 is 2.19 bits per heavy atom. The van der Waals surface area contributed by atoms with Crippen molar-refractivity contribution in [1.82, 2.24) is 16.0 Å². The number of hydrogen-bond acceptors (Lipinski definition) is 4. The molecule has 2 aromatic rings. The fourth-order valence-corrected chi connectivity index (χ4v) is 2.56. The summed E-state index contributed by atoms with van der Waals surface area (Å²) in [4.78, 5) is 36.4. The molecule has 0 saturated heterocycles. The van der Waals surface area contributed by atoms with Gasteiger partial charge in [0.05, 0.1) is 6.54 Å². The minimum absolute atomic E-state index is 0.166. The number of anilines is 1. The molecule has 3 rings (SSSR count). The molecule has 4 N–H and O–H groups in total. The van der Waals surface area contributed by atoms with Crippen LogP contribution in [0.15, 0.2) is 60.7 Å². The van der Waals surface area contributed by atoms with Crippen LogP contribution in [0.3, 0.4) is 0 Å². The topological polar surface area (TPSA) is 99.3 Å². The van der Waals surface area contributed by atoms with Crippen LogP contribution in [0.2, 0.25) is 0 Å². The molecule has 0 aliphatic heterocycles. The third kappa shape index (κ3) is 5.93. The standard InChI is InChI=1S/C20H22N4O3/c25-17(24-20(27)23-16-11-12-16)13-21-18(14-7-3-1-4-8-14)19(26)22-15-9-5-2-6-10-15/h1-10,16,18,21H,11-13H2,(H,22,26)(H2,23,24,25,27). The van der Waals surface area contributed by atoms with Crippen molar-refractivity contribution in [3.8, 4) is 0 Å². The predicted molar refractivity (Wildman–Crippen MR) is 102 cm³/mol. The molecule has 0 heterocycles. The van der Waals surface area contributed by atoms with E-state index in [9.17, 15) is 14.4 Å². The second-order valence-electron chi connectivity index (χ2n) is 6.38. The molecule has 1 aliphatic carbocycles. The smallest absolute Gasteiger partial charge is 0.321 e. The Morgan fingerprint density at radius 1 is 0.926 bits per heavy atom. The molecule has 0 bridgehead atoms. The van der Waals surface area contributed by atoms with Gasteiger partial charge in [-0.3, -0.25) is 20.2 Å². The first-order valence-corrected chi connectivity index (χ1v) is 8.86. The first-order valence-electron chi connectivity index (χ1n) is 8.86. The van der Waals surface area contributed by atoms with E-state index >= 15 is 0 Å². The van der Waals surface area contributed by atoms with Crippen LogP contribution in [-0.4, -0.2) is 30.4 Å². The number of hydrogen-bond donors (Lipinski definition) is 4. The second-order valence-corrected chi connectivity index (χ2v) is 6.38. The Kier molecular flexibility index (Phi) is 6.17. The van der Waals surface area contributed by atoms with E-state index in [1.807, 2.05) is 36.4 Å². The van der Waals surface area contributed by atoms with Gasteiger partial charge in [-0.25, -0.2) is 4.79 Å². The number of amides is 4. The van der Waals surface area contributed by atoms with Crippen molar-refractivity contribution in [2.24, 2.45) is 0 Å². The lowest BCUT2D eigenvalue weighted by Crippen LogP contribution is -2.45. The minimum atomic E-state index is -0.733. The summed E-state index contributed by atoms with van der Waals surface area (Å²) in [6, 6.07) is 17.1. The number of urea groups is 1. The van der Waals surface area contributed by atoms with Crippen molar-refractivity contribution in [2.75, 3.05) is 11.9 Å². The van der Waals surface area contributed by atoms with Crippen molar-refractivity contribution >= 4 is 23.5 Å². The molecule has 1 saturated carbocycles. The van der Waals surface area contributed by atoms with Crippen molar-refractivity contribution < 1.29 is 14.4 Å². The van der Waals surface area contributed by atoms with Gasteiger partial charge in [0.2, 0.25) is 11.8 Å². The van der Waals surface area contributed by atoms with Crippen LogP contribution in [0.1, 0.15) is 24.4 Å². The van der Waals surface area contributed by atoms with Gasteiger partial charge in [-0.15, -0.1) is 0 Å². The fourth-order valence-electron chi connectivity index (χ4n) is 2.56. The van der Waals surface area contributed by atoms with Gasteiger partial charge < -0.3 is 10.6 Å². The number of rotatable bonds is 7. The van der Waals surface area contributed by atoms with E-state index in [4.69, 9.17) is 0 Å². The van der Waals surface area contributed by atoms with Gasteiger partial charge in [0, 0.05) is 11.7 Å². The van der Waals surface area contributed by atoms with Crippen LogP contribution >= 0.6 is 0 Å². The number of carbonyl (C=O) groups excluding carboxylic acids is 3. The molecular formula is C20H22N4O3. The zero-order valence-electron chi connectivity index (χ0n) is 14.8. The number of nitrogens with one attached hydrogen (secondary N) is 4. The SMILES string of the molecule is O=C(CNC(C(=O)Nc1ccccc1)c1ccccc1)NC(=O)NC1CC1. The van der Waals surface area contributed by atoms with Gasteiger partial charge in [-0.05, 0) is 30.5 Å². The molecule has 7 heteroatoms. The van der Waals surface area contributed by atoms with E-state index in [-0.39, 0.29) is 18.5 Å². The monoisotopic (exact) mass is 366 g/mol. The molecule has 1 atom stereocenters. The molecule has 4 amide bonds. The normalized spacial score (nSPS) is 14.1. The Morgan fingerprint density at radius 2 is 1.56 bits per heavy atom. The quantitative estimate of drug-likeness (QED) is 0.602. The maximum atomic E-state index is 12.7. The zero-order valence-corrected chi connectivity index (χ0v) is 14.8. The highest BCUT2D eigenvalue weighted by Gasteiger charge is 2.25. The molecule has 2 aromatic carbocycles. The third-order valence-corrected chi connectivity index (χ3v) is 4.07. The molecule has 140 valence electrons. The van der Waals surface area contributed by atoms with Gasteiger partial charge in [0.1, 0.15) is 6.04 Å². The fraction of sp³-hybridized carbons (Fsp3) is 0.250. The minimum Gasteiger partial charge on any atom is -0.335 e. The Hall–Kier alpha value is -3.19. The molecule has 1 fully saturated rings. The van der Waals surface area contributed by atoms with Crippen LogP contribution in [0, 0.1) is 0 Å². The Labute approximate surface area is 157 Å². The van der Waals surface area contributed by atoms with Gasteiger partial charge in [-0.1, -0.05) is 48.5 Å². The summed E-state index contributed by atoms with van der Waals surface area (Å²) in [5.74, 6) is -0.788. The first kappa shape index (κ1) is 18.6. The molecule has 7 nitrogen and oxygen atoms in total. The number of benzene rings is 2. The molecule has 0 aromatic heterocycles.